The van der Waals surface area contributed by atoms with Crippen LogP contribution in [0.1, 0.15) is 40.5 Å². The van der Waals surface area contributed by atoms with Crippen LogP contribution in [0, 0.1) is 11.8 Å². The third-order valence-corrected chi connectivity index (χ3v) is 5.37. The first-order valence-electron chi connectivity index (χ1n) is 9.68. The lowest BCUT2D eigenvalue weighted by Gasteiger charge is -2.36. The molecule has 1 fully saturated rings. The molecule has 10 heteroatoms. The summed E-state index contributed by atoms with van der Waals surface area (Å²) in [7, 11) is 0. The van der Waals surface area contributed by atoms with E-state index < -0.39 is 36.1 Å². The average Bonchev–Trinajstić information content (AvgIpc) is 2.68. The average molecular weight is 400 g/mol. The molecule has 28 heavy (non-hydrogen) atoms. The lowest BCUT2D eigenvalue weighted by molar-refractivity contribution is -0.141. The van der Waals surface area contributed by atoms with Crippen LogP contribution in [-0.4, -0.2) is 82.3 Å². The van der Waals surface area contributed by atoms with Gasteiger partial charge in [-0.25, -0.2) is 19.2 Å². The number of piperazine rings is 1. The standard InChI is InChI=1S/C18H32N4O6/c1-5-11(3)13(15(23)24)19-17(27)21-7-9-22(10-8-21)18(28)20-14(16(25)26)12(4)6-2/h11-14H,5-10H2,1-4H3,(H,19,27)(H,20,28)(H,23,24)(H,25,26)/t11?,12?,13-,14-/m0/s1. The molecule has 0 aromatic heterocycles. The Hall–Kier alpha value is -2.52. The number of carboxylic acid groups (broad SMARTS) is 2. The normalized spacial score (nSPS) is 18.6. The molecule has 0 radical (unpaired) electrons. The van der Waals surface area contributed by atoms with Gasteiger partial charge in [-0.3, -0.25) is 0 Å². The van der Waals surface area contributed by atoms with Crippen LogP contribution < -0.4 is 10.6 Å². The van der Waals surface area contributed by atoms with Gasteiger partial charge in [0.15, 0.2) is 0 Å². The lowest BCUT2D eigenvalue weighted by Crippen LogP contribution is -2.59. The van der Waals surface area contributed by atoms with Crippen molar-refractivity contribution in [1.29, 1.82) is 0 Å². The summed E-state index contributed by atoms with van der Waals surface area (Å²) in [6.45, 7) is 8.21. The minimum Gasteiger partial charge on any atom is -0.480 e. The fraction of sp³-hybridized carbons (Fsp3) is 0.778. The number of hydrogen-bond donors (Lipinski definition) is 4. The van der Waals surface area contributed by atoms with Crippen LogP contribution in [-0.2, 0) is 9.59 Å². The number of hydrogen-bond acceptors (Lipinski definition) is 4. The summed E-state index contributed by atoms with van der Waals surface area (Å²) in [5.74, 6) is -2.57. The van der Waals surface area contributed by atoms with E-state index in [1.54, 1.807) is 13.8 Å². The van der Waals surface area contributed by atoms with E-state index in [-0.39, 0.29) is 38.0 Å². The van der Waals surface area contributed by atoms with Crippen molar-refractivity contribution in [2.24, 2.45) is 11.8 Å². The van der Waals surface area contributed by atoms with Crippen LogP contribution in [0.25, 0.3) is 0 Å². The molecule has 1 heterocycles. The number of nitrogens with one attached hydrogen (secondary N) is 2. The summed E-state index contributed by atoms with van der Waals surface area (Å²) in [5.41, 5.74) is 0. The molecule has 0 aliphatic carbocycles. The third kappa shape index (κ3) is 6.28. The fourth-order valence-electron chi connectivity index (χ4n) is 2.93. The first kappa shape index (κ1) is 23.5. The van der Waals surface area contributed by atoms with Gasteiger partial charge in [0.25, 0.3) is 0 Å². The predicted octanol–water partition coefficient (Wildman–Crippen LogP) is 1.02. The van der Waals surface area contributed by atoms with Gasteiger partial charge in [-0.1, -0.05) is 40.5 Å². The topological polar surface area (TPSA) is 139 Å². The quantitative estimate of drug-likeness (QED) is 0.480. The molecule has 4 atom stereocenters. The van der Waals surface area contributed by atoms with Crippen molar-refractivity contribution in [2.45, 2.75) is 52.6 Å². The van der Waals surface area contributed by atoms with E-state index in [1.807, 2.05) is 13.8 Å². The Balaban J connectivity index is 2.59. The first-order chi connectivity index (χ1) is 13.1. The molecule has 160 valence electrons. The zero-order valence-corrected chi connectivity index (χ0v) is 17.0. The maximum Gasteiger partial charge on any atom is 0.326 e. The number of urea groups is 2. The van der Waals surface area contributed by atoms with Gasteiger partial charge >= 0.3 is 24.0 Å². The summed E-state index contributed by atoms with van der Waals surface area (Å²) in [6.07, 6.45) is 1.23. The van der Waals surface area contributed by atoms with Gasteiger partial charge in [-0.05, 0) is 11.8 Å². The summed E-state index contributed by atoms with van der Waals surface area (Å²) in [5, 5.41) is 23.7. The minimum atomic E-state index is -1.08. The SMILES string of the molecule is CCC(C)[C@H](NC(=O)N1CCN(C(=O)N[C@H](C(=O)O)C(C)CC)CC1)C(=O)O. The molecule has 10 nitrogen and oxygen atoms in total. The molecule has 0 bridgehead atoms. The number of carboxylic acids is 2. The molecule has 1 aliphatic heterocycles. The zero-order valence-electron chi connectivity index (χ0n) is 17.0. The van der Waals surface area contributed by atoms with Crippen LogP contribution in [0.15, 0.2) is 0 Å². The largest absolute Gasteiger partial charge is 0.480 e. The Bertz CT molecular complexity index is 526. The highest BCUT2D eigenvalue weighted by atomic mass is 16.4. The molecule has 0 aromatic carbocycles. The molecule has 0 spiro atoms. The molecule has 0 aromatic rings. The monoisotopic (exact) mass is 400 g/mol. The Kier molecular flexibility index (Phi) is 9.01. The maximum absolute atomic E-state index is 12.4. The molecule has 1 aliphatic rings. The van der Waals surface area contributed by atoms with Crippen molar-refractivity contribution in [2.75, 3.05) is 26.2 Å². The van der Waals surface area contributed by atoms with Crippen LogP contribution in [0.4, 0.5) is 9.59 Å². The van der Waals surface area contributed by atoms with Gasteiger partial charge in [0, 0.05) is 26.2 Å². The number of aliphatic carboxylic acids is 2. The summed E-state index contributed by atoms with van der Waals surface area (Å²) in [6, 6.07) is -2.89. The highest BCUT2D eigenvalue weighted by Gasteiger charge is 2.32. The Morgan fingerprint density at radius 3 is 1.25 bits per heavy atom. The van der Waals surface area contributed by atoms with Gasteiger partial charge in [0.2, 0.25) is 0 Å². The van der Waals surface area contributed by atoms with Crippen molar-refractivity contribution < 1.29 is 29.4 Å². The van der Waals surface area contributed by atoms with Gasteiger partial charge in [0.1, 0.15) is 12.1 Å². The number of nitrogens with zero attached hydrogens (tertiary/aromatic N) is 2. The first-order valence-corrected chi connectivity index (χ1v) is 9.68. The van der Waals surface area contributed by atoms with Gasteiger partial charge in [-0.15, -0.1) is 0 Å². The van der Waals surface area contributed by atoms with Crippen LogP contribution >= 0.6 is 0 Å². The molecule has 4 N–H and O–H groups in total. The van der Waals surface area contributed by atoms with Crippen LogP contribution in [0.2, 0.25) is 0 Å². The predicted molar refractivity (Wildman–Crippen MR) is 102 cm³/mol. The molecule has 1 saturated heterocycles. The number of carbonyl (C=O) groups excluding carboxylic acids is 2. The van der Waals surface area contributed by atoms with E-state index >= 15 is 0 Å². The van der Waals surface area contributed by atoms with Crippen molar-refractivity contribution in [3.05, 3.63) is 0 Å². The van der Waals surface area contributed by atoms with Gasteiger partial charge < -0.3 is 30.6 Å². The number of carbonyl (C=O) groups is 4. The van der Waals surface area contributed by atoms with E-state index in [0.29, 0.717) is 12.8 Å². The molecule has 4 amide bonds. The summed E-state index contributed by atoms with van der Waals surface area (Å²) < 4.78 is 0. The third-order valence-electron chi connectivity index (χ3n) is 5.37. The van der Waals surface area contributed by atoms with Crippen molar-refractivity contribution in [3.8, 4) is 0 Å². The van der Waals surface area contributed by atoms with Crippen molar-refractivity contribution >= 4 is 24.0 Å². The van der Waals surface area contributed by atoms with Crippen molar-refractivity contribution in [1.82, 2.24) is 20.4 Å². The van der Waals surface area contributed by atoms with E-state index in [2.05, 4.69) is 10.6 Å². The summed E-state index contributed by atoms with van der Waals surface area (Å²) >= 11 is 0. The zero-order chi connectivity index (χ0) is 21.4. The summed E-state index contributed by atoms with van der Waals surface area (Å²) in [4.78, 5) is 50.4. The second-order valence-electron chi connectivity index (χ2n) is 7.28. The maximum atomic E-state index is 12.4. The van der Waals surface area contributed by atoms with E-state index in [1.165, 1.54) is 9.80 Å². The number of amides is 4. The van der Waals surface area contributed by atoms with Crippen molar-refractivity contribution in [3.63, 3.8) is 0 Å². The molecule has 2 unspecified atom stereocenters. The second-order valence-corrected chi connectivity index (χ2v) is 7.28. The molecule has 1 rings (SSSR count). The van der Waals surface area contributed by atoms with Gasteiger partial charge in [-0.2, -0.15) is 0 Å². The Labute approximate surface area is 165 Å². The van der Waals surface area contributed by atoms with E-state index in [4.69, 9.17) is 0 Å². The molecule has 0 saturated carbocycles. The smallest absolute Gasteiger partial charge is 0.326 e. The number of rotatable bonds is 8. The van der Waals surface area contributed by atoms with E-state index in [0.717, 1.165) is 0 Å². The van der Waals surface area contributed by atoms with Crippen LogP contribution in [0.5, 0.6) is 0 Å². The van der Waals surface area contributed by atoms with Crippen LogP contribution in [0.3, 0.4) is 0 Å². The lowest BCUT2D eigenvalue weighted by atomic mass is 9.99. The molecular formula is C18H32N4O6. The fourth-order valence-corrected chi connectivity index (χ4v) is 2.93. The highest BCUT2D eigenvalue weighted by Crippen LogP contribution is 2.11. The second kappa shape index (κ2) is 10.7. The minimum absolute atomic E-state index is 0.206. The molecular weight excluding hydrogens is 368 g/mol. The van der Waals surface area contributed by atoms with Gasteiger partial charge in [0.05, 0.1) is 0 Å². The highest BCUT2D eigenvalue weighted by molar-refractivity contribution is 5.84. The van der Waals surface area contributed by atoms with E-state index in [9.17, 15) is 29.4 Å². The Morgan fingerprint density at radius 2 is 1.04 bits per heavy atom. The Morgan fingerprint density at radius 1 is 0.750 bits per heavy atom.